The van der Waals surface area contributed by atoms with E-state index in [9.17, 15) is 13.2 Å². The number of amides is 1. The minimum Gasteiger partial charge on any atom is -0.364 e. The number of benzene rings is 2. The van der Waals surface area contributed by atoms with Gasteiger partial charge in [0.05, 0.1) is 16.3 Å². The monoisotopic (exact) mass is 356 g/mol. The maximum absolute atomic E-state index is 12.5. The van der Waals surface area contributed by atoms with E-state index in [-0.39, 0.29) is 10.6 Å². The SMILES string of the molecule is Cc1ccc(S(=O)(=O)Nc2cccc(-n3ccc(C(N)=O)n3)c2)cc1. The Kier molecular flexibility index (Phi) is 4.28. The number of nitrogens with zero attached hydrogens (tertiary/aromatic N) is 2. The fourth-order valence-corrected chi connectivity index (χ4v) is 3.29. The number of aryl methyl sites for hydroxylation is 1. The summed E-state index contributed by atoms with van der Waals surface area (Å²) in [4.78, 5) is 11.3. The van der Waals surface area contributed by atoms with Crippen LogP contribution in [0.2, 0.25) is 0 Å². The zero-order valence-corrected chi connectivity index (χ0v) is 14.2. The van der Waals surface area contributed by atoms with E-state index in [1.54, 1.807) is 54.7 Å². The molecule has 2 aromatic carbocycles. The highest BCUT2D eigenvalue weighted by molar-refractivity contribution is 7.92. The van der Waals surface area contributed by atoms with Gasteiger partial charge in [-0.1, -0.05) is 23.8 Å². The summed E-state index contributed by atoms with van der Waals surface area (Å²) >= 11 is 0. The van der Waals surface area contributed by atoms with Crippen LogP contribution in [-0.2, 0) is 10.0 Å². The number of nitrogens with two attached hydrogens (primary N) is 1. The van der Waals surface area contributed by atoms with Gasteiger partial charge in [0.2, 0.25) is 0 Å². The van der Waals surface area contributed by atoms with Crippen molar-refractivity contribution in [2.75, 3.05) is 4.72 Å². The molecule has 0 fully saturated rings. The first kappa shape index (κ1) is 16.7. The second-order valence-corrected chi connectivity index (χ2v) is 7.16. The largest absolute Gasteiger partial charge is 0.364 e. The molecule has 1 aromatic heterocycles. The highest BCUT2D eigenvalue weighted by Gasteiger charge is 2.14. The average Bonchev–Trinajstić information content (AvgIpc) is 3.05. The zero-order chi connectivity index (χ0) is 18.0. The maximum Gasteiger partial charge on any atom is 0.269 e. The first-order valence-electron chi connectivity index (χ1n) is 7.40. The predicted molar refractivity (Wildman–Crippen MR) is 94.1 cm³/mol. The Balaban J connectivity index is 1.88. The lowest BCUT2D eigenvalue weighted by Gasteiger charge is -2.10. The molecular formula is C17H16N4O3S. The van der Waals surface area contributed by atoms with Crippen LogP contribution >= 0.6 is 0 Å². The van der Waals surface area contributed by atoms with E-state index in [1.165, 1.54) is 10.7 Å². The van der Waals surface area contributed by atoms with Gasteiger partial charge in [-0.05, 0) is 43.3 Å². The number of hydrogen-bond donors (Lipinski definition) is 2. The standard InChI is InChI=1S/C17H16N4O3S/c1-12-5-7-15(8-6-12)25(23,24)20-13-3-2-4-14(11-13)21-10-9-16(19-21)17(18)22/h2-11,20H,1H3,(H2,18,22). The summed E-state index contributed by atoms with van der Waals surface area (Å²) in [6.07, 6.45) is 1.58. The van der Waals surface area contributed by atoms with Crippen LogP contribution in [0.15, 0.2) is 65.7 Å². The van der Waals surface area contributed by atoms with Gasteiger partial charge in [0.25, 0.3) is 15.9 Å². The summed E-state index contributed by atoms with van der Waals surface area (Å²) in [6, 6.07) is 14.7. The fraction of sp³-hybridized carbons (Fsp3) is 0.0588. The third-order valence-corrected chi connectivity index (χ3v) is 4.93. The van der Waals surface area contributed by atoms with E-state index in [0.717, 1.165) is 5.56 Å². The summed E-state index contributed by atoms with van der Waals surface area (Å²) in [6.45, 7) is 1.89. The molecule has 7 nitrogen and oxygen atoms in total. The normalized spacial score (nSPS) is 11.2. The van der Waals surface area contributed by atoms with Crippen LogP contribution in [-0.4, -0.2) is 24.1 Å². The summed E-state index contributed by atoms with van der Waals surface area (Å²) in [7, 11) is -3.69. The number of rotatable bonds is 5. The quantitative estimate of drug-likeness (QED) is 0.730. The molecule has 3 rings (SSSR count). The summed E-state index contributed by atoms with van der Waals surface area (Å²) in [5.41, 5.74) is 7.27. The number of carbonyl (C=O) groups is 1. The Bertz CT molecular complexity index is 1020. The molecule has 1 amide bonds. The van der Waals surface area contributed by atoms with Gasteiger partial charge in [-0.3, -0.25) is 9.52 Å². The van der Waals surface area contributed by atoms with E-state index in [2.05, 4.69) is 9.82 Å². The van der Waals surface area contributed by atoms with Crippen LogP contribution in [0.5, 0.6) is 0 Å². The van der Waals surface area contributed by atoms with Crippen LogP contribution in [0, 0.1) is 6.92 Å². The molecule has 0 saturated heterocycles. The third-order valence-electron chi connectivity index (χ3n) is 3.54. The van der Waals surface area contributed by atoms with Gasteiger partial charge in [-0.15, -0.1) is 0 Å². The maximum atomic E-state index is 12.5. The van der Waals surface area contributed by atoms with Crippen LogP contribution in [0.25, 0.3) is 5.69 Å². The molecule has 0 saturated carbocycles. The minimum atomic E-state index is -3.69. The molecule has 0 spiro atoms. The first-order valence-corrected chi connectivity index (χ1v) is 8.89. The highest BCUT2D eigenvalue weighted by Crippen LogP contribution is 2.19. The first-order chi connectivity index (χ1) is 11.8. The molecule has 0 atom stereocenters. The average molecular weight is 356 g/mol. The van der Waals surface area contributed by atoms with Crippen molar-refractivity contribution >= 4 is 21.6 Å². The van der Waals surface area contributed by atoms with Crippen molar-refractivity contribution < 1.29 is 13.2 Å². The van der Waals surface area contributed by atoms with E-state index < -0.39 is 15.9 Å². The highest BCUT2D eigenvalue weighted by atomic mass is 32.2. The summed E-state index contributed by atoms with van der Waals surface area (Å²) in [5.74, 6) is -0.630. The van der Waals surface area contributed by atoms with Crippen molar-refractivity contribution in [2.24, 2.45) is 5.73 Å². The van der Waals surface area contributed by atoms with Gasteiger partial charge in [0.1, 0.15) is 5.69 Å². The summed E-state index contributed by atoms with van der Waals surface area (Å²) in [5, 5.41) is 4.05. The van der Waals surface area contributed by atoms with E-state index in [0.29, 0.717) is 11.4 Å². The van der Waals surface area contributed by atoms with Gasteiger partial charge in [-0.2, -0.15) is 5.10 Å². The number of primary amides is 1. The van der Waals surface area contributed by atoms with Crippen LogP contribution in [0.1, 0.15) is 16.1 Å². The van der Waals surface area contributed by atoms with Crippen molar-refractivity contribution in [2.45, 2.75) is 11.8 Å². The van der Waals surface area contributed by atoms with Gasteiger partial charge in [0, 0.05) is 6.20 Å². The molecule has 0 bridgehead atoms. The second-order valence-electron chi connectivity index (χ2n) is 5.48. The number of hydrogen-bond acceptors (Lipinski definition) is 4. The number of aromatic nitrogens is 2. The van der Waals surface area contributed by atoms with E-state index in [4.69, 9.17) is 5.73 Å². The van der Waals surface area contributed by atoms with Crippen molar-refractivity contribution in [3.8, 4) is 5.69 Å². The Hall–Kier alpha value is -3.13. The number of sulfonamides is 1. The lowest BCUT2D eigenvalue weighted by Crippen LogP contribution is -2.13. The fourth-order valence-electron chi connectivity index (χ4n) is 2.24. The van der Waals surface area contributed by atoms with Crippen molar-refractivity contribution in [1.29, 1.82) is 0 Å². The molecule has 0 aliphatic heterocycles. The predicted octanol–water partition coefficient (Wildman–Crippen LogP) is 2.08. The van der Waals surface area contributed by atoms with Gasteiger partial charge >= 0.3 is 0 Å². The molecule has 0 radical (unpaired) electrons. The lowest BCUT2D eigenvalue weighted by atomic mass is 10.2. The number of nitrogens with one attached hydrogen (secondary N) is 1. The molecule has 25 heavy (non-hydrogen) atoms. The van der Waals surface area contributed by atoms with Crippen LogP contribution in [0.4, 0.5) is 5.69 Å². The Morgan fingerprint density at radius 3 is 2.48 bits per heavy atom. The van der Waals surface area contributed by atoms with Gasteiger partial charge < -0.3 is 5.73 Å². The van der Waals surface area contributed by atoms with E-state index in [1.807, 2.05) is 6.92 Å². The zero-order valence-electron chi connectivity index (χ0n) is 13.4. The molecule has 128 valence electrons. The van der Waals surface area contributed by atoms with E-state index >= 15 is 0 Å². The topological polar surface area (TPSA) is 107 Å². The number of anilines is 1. The minimum absolute atomic E-state index is 0.130. The van der Waals surface area contributed by atoms with Gasteiger partial charge in [-0.25, -0.2) is 13.1 Å². The van der Waals surface area contributed by atoms with Crippen LogP contribution < -0.4 is 10.5 Å². The Labute approximate surface area is 145 Å². The molecule has 0 aliphatic carbocycles. The number of carbonyl (C=O) groups excluding carboxylic acids is 1. The van der Waals surface area contributed by atoms with Crippen LogP contribution in [0.3, 0.4) is 0 Å². The molecule has 8 heteroatoms. The van der Waals surface area contributed by atoms with Gasteiger partial charge in [0.15, 0.2) is 0 Å². The Morgan fingerprint density at radius 1 is 1.12 bits per heavy atom. The van der Waals surface area contributed by atoms with Crippen molar-refractivity contribution in [3.63, 3.8) is 0 Å². The lowest BCUT2D eigenvalue weighted by molar-refractivity contribution is 0.0995. The smallest absolute Gasteiger partial charge is 0.269 e. The van der Waals surface area contributed by atoms with Crippen molar-refractivity contribution in [3.05, 3.63) is 72.1 Å². The molecule has 3 aromatic rings. The summed E-state index contributed by atoms with van der Waals surface area (Å²) < 4.78 is 28.9. The molecular weight excluding hydrogens is 340 g/mol. The Morgan fingerprint density at radius 2 is 1.84 bits per heavy atom. The third kappa shape index (κ3) is 3.69. The molecule has 0 aliphatic rings. The molecule has 3 N–H and O–H groups in total. The second kappa shape index (κ2) is 6.40. The molecule has 1 heterocycles. The molecule has 0 unspecified atom stereocenters. The van der Waals surface area contributed by atoms with Crippen molar-refractivity contribution in [1.82, 2.24) is 9.78 Å².